The molecule has 0 saturated carbocycles. The summed E-state index contributed by atoms with van der Waals surface area (Å²) in [6.07, 6.45) is 3.05. The zero-order chi connectivity index (χ0) is 15.1. The molecule has 1 atom stereocenters. The van der Waals surface area contributed by atoms with E-state index in [1.807, 2.05) is 0 Å². The predicted octanol–water partition coefficient (Wildman–Crippen LogP) is 0.408. The van der Waals surface area contributed by atoms with Gasteiger partial charge in [-0.05, 0) is 16.3 Å². The Kier molecular flexibility index (Phi) is 5.63. The monoisotopic (exact) mass is 284 g/mol. The topological polar surface area (TPSA) is 127 Å². The number of carboxylic acid groups (broad SMARTS) is 1. The molecule has 20 heavy (non-hydrogen) atoms. The Balaban J connectivity index is 2.35. The second-order valence-electron chi connectivity index (χ2n) is 4.22. The largest absolute Gasteiger partial charge is 0.481 e. The molecule has 9 heteroatoms. The number of imidazole rings is 1. The molecule has 1 aromatic heterocycles. The summed E-state index contributed by atoms with van der Waals surface area (Å²) in [7, 11) is 0. The first kappa shape index (κ1) is 15.6. The highest BCUT2D eigenvalue weighted by atomic mass is 16.6. The van der Waals surface area contributed by atoms with Crippen LogP contribution in [0.2, 0.25) is 0 Å². The zero-order valence-electron chi connectivity index (χ0n) is 11.0. The fourth-order valence-electron chi connectivity index (χ4n) is 1.53. The maximum Gasteiger partial charge on any atom is 0.381 e. The van der Waals surface area contributed by atoms with Gasteiger partial charge in [-0.25, -0.2) is 0 Å². The highest BCUT2D eigenvalue weighted by molar-refractivity contribution is 5.77. The predicted molar refractivity (Wildman–Crippen MR) is 67.9 cm³/mol. The van der Waals surface area contributed by atoms with Crippen molar-refractivity contribution < 1.29 is 19.6 Å². The molecule has 0 aliphatic heterocycles. The van der Waals surface area contributed by atoms with Gasteiger partial charge in [-0.2, -0.15) is 0 Å². The van der Waals surface area contributed by atoms with Crippen LogP contribution in [0, 0.1) is 16.0 Å². The first-order chi connectivity index (χ1) is 9.43. The number of nitrogens with zero attached hydrogens (tertiary/aromatic N) is 3. The number of hydrogen-bond acceptors (Lipinski definition) is 5. The van der Waals surface area contributed by atoms with Gasteiger partial charge in [0.1, 0.15) is 6.20 Å². The van der Waals surface area contributed by atoms with E-state index < -0.39 is 16.8 Å². The highest BCUT2D eigenvalue weighted by Gasteiger charge is 2.16. The lowest BCUT2D eigenvalue weighted by molar-refractivity contribution is -0.389. The minimum atomic E-state index is -0.946. The number of aryl methyl sites for hydroxylation is 1. The second kappa shape index (κ2) is 7.22. The summed E-state index contributed by atoms with van der Waals surface area (Å²) in [6.45, 7) is 2.06. The van der Waals surface area contributed by atoms with Crippen molar-refractivity contribution in [2.45, 2.75) is 26.3 Å². The average Bonchev–Trinajstić information content (AvgIpc) is 2.85. The van der Waals surface area contributed by atoms with E-state index in [2.05, 4.69) is 10.3 Å². The van der Waals surface area contributed by atoms with Gasteiger partial charge >= 0.3 is 11.8 Å². The number of carbonyl (C=O) groups is 2. The molecule has 1 amide bonds. The van der Waals surface area contributed by atoms with E-state index in [-0.39, 0.29) is 31.2 Å². The number of hydrogen-bond donors (Lipinski definition) is 2. The van der Waals surface area contributed by atoms with Gasteiger partial charge in [0, 0.05) is 19.5 Å². The number of amides is 1. The van der Waals surface area contributed by atoms with E-state index >= 15 is 0 Å². The molecule has 9 nitrogen and oxygen atoms in total. The molecule has 0 aliphatic rings. The lowest BCUT2D eigenvalue weighted by Crippen LogP contribution is -2.33. The molecule has 110 valence electrons. The van der Waals surface area contributed by atoms with Crippen LogP contribution in [0.5, 0.6) is 0 Å². The Hall–Kier alpha value is -2.45. The van der Waals surface area contributed by atoms with E-state index in [9.17, 15) is 19.7 Å². The summed E-state index contributed by atoms with van der Waals surface area (Å²) in [5.41, 5.74) is 0. The molecule has 1 heterocycles. The molecule has 1 rings (SSSR count). The number of aliphatic carboxylic acids is 1. The van der Waals surface area contributed by atoms with Crippen molar-refractivity contribution in [1.82, 2.24) is 14.9 Å². The van der Waals surface area contributed by atoms with Crippen LogP contribution in [0.1, 0.15) is 19.8 Å². The van der Waals surface area contributed by atoms with Crippen molar-refractivity contribution in [1.29, 1.82) is 0 Å². The van der Waals surface area contributed by atoms with Gasteiger partial charge in [-0.3, -0.25) is 9.59 Å². The van der Waals surface area contributed by atoms with E-state index in [0.29, 0.717) is 6.42 Å². The molecule has 0 aliphatic carbocycles. The standard InChI is InChI=1S/C11H16N4O5/c1-2-8(11(17)18)5-12-10(16)3-4-14-6-9(13-7-14)15(19)20/h6-8H,2-5H2,1H3,(H,12,16)(H,17,18). The molecular formula is C11H16N4O5. The van der Waals surface area contributed by atoms with E-state index in [1.165, 1.54) is 17.1 Å². The van der Waals surface area contributed by atoms with E-state index in [0.717, 1.165) is 0 Å². The maximum atomic E-state index is 11.5. The van der Waals surface area contributed by atoms with Crippen LogP contribution in [-0.2, 0) is 16.1 Å². The van der Waals surface area contributed by atoms with Crippen LogP contribution in [0.3, 0.4) is 0 Å². The number of nitro groups is 1. The molecule has 0 aromatic carbocycles. The molecule has 1 aromatic rings. The number of carboxylic acids is 1. The van der Waals surface area contributed by atoms with Crippen molar-refractivity contribution in [2.75, 3.05) is 6.54 Å². The fourth-order valence-corrected chi connectivity index (χ4v) is 1.53. The van der Waals surface area contributed by atoms with Gasteiger partial charge in [-0.1, -0.05) is 6.92 Å². The Morgan fingerprint density at radius 2 is 2.30 bits per heavy atom. The third-order valence-electron chi connectivity index (χ3n) is 2.79. The van der Waals surface area contributed by atoms with Crippen LogP contribution in [-0.4, -0.2) is 38.0 Å². The Labute approximate surface area is 114 Å². The molecule has 0 radical (unpaired) electrons. The van der Waals surface area contributed by atoms with Crippen molar-refractivity contribution >= 4 is 17.7 Å². The SMILES string of the molecule is CCC(CNC(=O)CCn1cnc([N+](=O)[O-])c1)C(=O)O. The normalized spacial score (nSPS) is 11.8. The van der Waals surface area contributed by atoms with Crippen molar-refractivity contribution in [3.8, 4) is 0 Å². The molecule has 0 bridgehead atoms. The summed E-state index contributed by atoms with van der Waals surface area (Å²) < 4.78 is 1.44. The summed E-state index contributed by atoms with van der Waals surface area (Å²) in [6, 6.07) is 0. The van der Waals surface area contributed by atoms with Gasteiger partial charge in [0.2, 0.25) is 12.2 Å². The second-order valence-corrected chi connectivity index (χ2v) is 4.22. The third-order valence-corrected chi connectivity index (χ3v) is 2.79. The first-order valence-corrected chi connectivity index (χ1v) is 6.09. The molecular weight excluding hydrogens is 268 g/mol. The van der Waals surface area contributed by atoms with Crippen LogP contribution >= 0.6 is 0 Å². The van der Waals surface area contributed by atoms with Gasteiger partial charge < -0.3 is 25.1 Å². The summed E-state index contributed by atoms with van der Waals surface area (Å²) >= 11 is 0. The van der Waals surface area contributed by atoms with Crippen molar-refractivity contribution in [3.63, 3.8) is 0 Å². The quantitative estimate of drug-likeness (QED) is 0.525. The van der Waals surface area contributed by atoms with Gasteiger partial charge in [0.25, 0.3) is 0 Å². The molecule has 0 fully saturated rings. The van der Waals surface area contributed by atoms with Crippen LogP contribution < -0.4 is 5.32 Å². The Morgan fingerprint density at radius 3 is 2.80 bits per heavy atom. The maximum absolute atomic E-state index is 11.5. The average molecular weight is 284 g/mol. The lowest BCUT2D eigenvalue weighted by atomic mass is 10.1. The van der Waals surface area contributed by atoms with Crippen LogP contribution in [0.15, 0.2) is 12.5 Å². The molecule has 0 saturated heterocycles. The first-order valence-electron chi connectivity index (χ1n) is 6.09. The van der Waals surface area contributed by atoms with E-state index in [4.69, 9.17) is 5.11 Å². The van der Waals surface area contributed by atoms with Crippen molar-refractivity contribution in [3.05, 3.63) is 22.6 Å². The zero-order valence-corrected chi connectivity index (χ0v) is 11.0. The van der Waals surface area contributed by atoms with Gasteiger partial charge in [0.05, 0.1) is 5.92 Å². The van der Waals surface area contributed by atoms with Crippen LogP contribution in [0.4, 0.5) is 5.82 Å². The Bertz CT molecular complexity index is 499. The minimum Gasteiger partial charge on any atom is -0.481 e. The lowest BCUT2D eigenvalue weighted by Gasteiger charge is -2.10. The van der Waals surface area contributed by atoms with Crippen molar-refractivity contribution in [2.24, 2.45) is 5.92 Å². The van der Waals surface area contributed by atoms with Gasteiger partial charge in [0.15, 0.2) is 0 Å². The summed E-state index contributed by atoms with van der Waals surface area (Å²) in [5, 5.41) is 21.8. The number of aromatic nitrogens is 2. The number of nitrogens with one attached hydrogen (secondary N) is 1. The molecule has 1 unspecified atom stereocenters. The van der Waals surface area contributed by atoms with Crippen LogP contribution in [0.25, 0.3) is 0 Å². The fraction of sp³-hybridized carbons (Fsp3) is 0.545. The Morgan fingerprint density at radius 1 is 1.60 bits per heavy atom. The summed E-state index contributed by atoms with van der Waals surface area (Å²) in [5.74, 6) is -2.13. The molecule has 0 spiro atoms. The van der Waals surface area contributed by atoms with E-state index in [1.54, 1.807) is 6.92 Å². The summed E-state index contributed by atoms with van der Waals surface area (Å²) in [4.78, 5) is 35.7. The third kappa shape index (κ3) is 4.67. The number of rotatable bonds is 8. The minimum absolute atomic E-state index is 0.0781. The number of carbonyl (C=O) groups excluding carboxylic acids is 1. The van der Waals surface area contributed by atoms with Gasteiger partial charge in [-0.15, -0.1) is 0 Å². The smallest absolute Gasteiger partial charge is 0.381 e. The molecule has 2 N–H and O–H groups in total. The highest BCUT2D eigenvalue weighted by Crippen LogP contribution is 2.06.